The van der Waals surface area contributed by atoms with Crippen LogP contribution in [0.4, 0.5) is 0 Å². The quantitative estimate of drug-likeness (QED) is 0.769. The molecular weight excluding hydrogens is 232 g/mol. The maximum atomic E-state index is 4.90. The summed E-state index contributed by atoms with van der Waals surface area (Å²) in [6.07, 6.45) is 8.06. The van der Waals surface area contributed by atoms with Crippen LogP contribution in [0.5, 0.6) is 0 Å². The molecule has 2 unspecified atom stereocenters. The zero-order valence-corrected chi connectivity index (χ0v) is 11.8. The molecule has 1 fully saturated rings. The molecule has 2 aromatic rings. The van der Waals surface area contributed by atoms with Gasteiger partial charge in [-0.15, -0.1) is 0 Å². The summed E-state index contributed by atoms with van der Waals surface area (Å²) in [4.78, 5) is 8.21. The van der Waals surface area contributed by atoms with Crippen molar-refractivity contribution in [2.75, 3.05) is 0 Å². The third kappa shape index (κ3) is 2.44. The van der Waals surface area contributed by atoms with Crippen molar-refractivity contribution in [3.63, 3.8) is 0 Å². The number of nitrogens with one attached hydrogen (secondary N) is 1. The second-order valence-corrected chi connectivity index (χ2v) is 5.94. The van der Waals surface area contributed by atoms with E-state index in [1.807, 2.05) is 6.20 Å². The number of aromatic nitrogens is 1. The molecule has 1 heterocycles. The Morgan fingerprint density at radius 3 is 2.74 bits per heavy atom. The molecule has 0 bridgehead atoms. The van der Waals surface area contributed by atoms with E-state index in [-0.39, 0.29) is 0 Å². The molecule has 19 heavy (non-hydrogen) atoms. The van der Waals surface area contributed by atoms with E-state index in [2.05, 4.69) is 49.3 Å². The van der Waals surface area contributed by atoms with Crippen molar-refractivity contribution in [3.05, 3.63) is 36.0 Å². The van der Waals surface area contributed by atoms with Crippen LogP contribution in [0.2, 0.25) is 0 Å². The number of nitrogens with zero attached hydrogens (tertiary/aromatic N) is 1. The number of H-pyrrole nitrogens is 1. The Balaban J connectivity index is 1.87. The molecule has 0 spiro atoms. The number of hydrogen-bond donors (Lipinski definition) is 1. The van der Waals surface area contributed by atoms with Crippen molar-refractivity contribution in [2.24, 2.45) is 16.8 Å². The van der Waals surface area contributed by atoms with Crippen LogP contribution in [0.3, 0.4) is 0 Å². The summed E-state index contributed by atoms with van der Waals surface area (Å²) >= 11 is 0. The lowest BCUT2D eigenvalue weighted by Crippen LogP contribution is -2.28. The van der Waals surface area contributed by atoms with Crippen molar-refractivity contribution in [3.8, 4) is 0 Å². The smallest absolute Gasteiger partial charge is 0.0550 e. The first kappa shape index (κ1) is 12.5. The molecule has 2 heteroatoms. The van der Waals surface area contributed by atoms with Crippen LogP contribution >= 0.6 is 0 Å². The van der Waals surface area contributed by atoms with Crippen LogP contribution in [0.15, 0.2) is 35.5 Å². The zero-order chi connectivity index (χ0) is 13.2. The van der Waals surface area contributed by atoms with Gasteiger partial charge >= 0.3 is 0 Å². The number of aliphatic imine (C=N–C) groups is 1. The highest BCUT2D eigenvalue weighted by molar-refractivity contribution is 5.97. The minimum Gasteiger partial charge on any atom is -0.361 e. The van der Waals surface area contributed by atoms with Gasteiger partial charge in [-0.25, -0.2) is 0 Å². The van der Waals surface area contributed by atoms with Crippen LogP contribution in [0.1, 0.15) is 38.7 Å². The topological polar surface area (TPSA) is 28.1 Å². The van der Waals surface area contributed by atoms with Gasteiger partial charge in [-0.3, -0.25) is 4.99 Å². The van der Waals surface area contributed by atoms with Crippen LogP contribution < -0.4 is 0 Å². The normalized spacial score (nSPS) is 28.2. The fraction of sp³-hybridized carbons (Fsp3) is 0.471. The summed E-state index contributed by atoms with van der Waals surface area (Å²) in [6, 6.07) is 8.97. The van der Waals surface area contributed by atoms with Crippen LogP contribution in [0, 0.1) is 11.8 Å². The molecule has 1 aromatic heterocycles. The van der Waals surface area contributed by atoms with Gasteiger partial charge in [-0.1, -0.05) is 38.5 Å². The third-order valence-corrected chi connectivity index (χ3v) is 4.49. The number of benzene rings is 1. The molecule has 1 aliphatic rings. The Morgan fingerprint density at radius 2 is 1.95 bits per heavy atom. The first-order chi connectivity index (χ1) is 9.25. The first-order valence-corrected chi connectivity index (χ1v) is 7.35. The van der Waals surface area contributed by atoms with E-state index in [1.54, 1.807) is 0 Å². The van der Waals surface area contributed by atoms with Gasteiger partial charge in [0.15, 0.2) is 0 Å². The number of rotatable bonds is 2. The fourth-order valence-corrected chi connectivity index (χ4v) is 3.34. The predicted octanol–water partition coefficient (Wildman–Crippen LogP) is 4.41. The van der Waals surface area contributed by atoms with Crippen molar-refractivity contribution in [2.45, 2.75) is 39.2 Å². The fourth-order valence-electron chi connectivity index (χ4n) is 3.34. The summed E-state index contributed by atoms with van der Waals surface area (Å²) in [5, 5.41) is 1.26. The Morgan fingerprint density at radius 1 is 1.16 bits per heavy atom. The van der Waals surface area contributed by atoms with E-state index in [4.69, 9.17) is 4.99 Å². The second-order valence-electron chi connectivity index (χ2n) is 5.94. The number of fused-ring (bicyclic) bond motifs is 1. The minimum absolute atomic E-state index is 0.485. The van der Waals surface area contributed by atoms with Gasteiger partial charge in [0.25, 0.3) is 0 Å². The van der Waals surface area contributed by atoms with Crippen molar-refractivity contribution in [1.82, 2.24) is 4.98 Å². The molecular formula is C17H22N2. The van der Waals surface area contributed by atoms with Gasteiger partial charge in [0.05, 0.1) is 11.6 Å². The van der Waals surface area contributed by atoms with Gasteiger partial charge < -0.3 is 4.98 Å². The lowest BCUT2D eigenvalue weighted by molar-refractivity contribution is 0.253. The summed E-state index contributed by atoms with van der Waals surface area (Å²) in [6.45, 7) is 4.68. The van der Waals surface area contributed by atoms with E-state index in [0.717, 1.165) is 0 Å². The van der Waals surface area contributed by atoms with E-state index in [0.29, 0.717) is 17.9 Å². The Hall–Kier alpha value is -1.57. The van der Waals surface area contributed by atoms with Gasteiger partial charge in [-0.05, 0) is 30.7 Å². The molecule has 2 atom stereocenters. The van der Waals surface area contributed by atoms with E-state index < -0.39 is 0 Å². The molecule has 1 saturated carbocycles. The molecule has 1 N–H and O–H groups in total. The van der Waals surface area contributed by atoms with Gasteiger partial charge in [-0.2, -0.15) is 0 Å². The highest BCUT2D eigenvalue weighted by Gasteiger charge is 2.26. The SMILES string of the molecule is CC1CCCC(C)C1N=Cc1cccc2cc[nH]c12. The summed E-state index contributed by atoms with van der Waals surface area (Å²) in [5.41, 5.74) is 2.40. The van der Waals surface area contributed by atoms with Crippen molar-refractivity contribution >= 4 is 17.1 Å². The van der Waals surface area contributed by atoms with Crippen LogP contribution in [-0.4, -0.2) is 17.2 Å². The van der Waals surface area contributed by atoms with Crippen LogP contribution in [-0.2, 0) is 0 Å². The molecule has 0 saturated heterocycles. The average molecular weight is 254 g/mol. The first-order valence-electron chi connectivity index (χ1n) is 7.35. The summed E-state index contributed by atoms with van der Waals surface area (Å²) in [7, 11) is 0. The monoisotopic (exact) mass is 254 g/mol. The number of para-hydroxylation sites is 1. The van der Waals surface area contributed by atoms with Crippen molar-refractivity contribution in [1.29, 1.82) is 0 Å². The standard InChI is InChI=1S/C17H22N2/c1-12-5-3-6-13(2)16(12)19-11-15-8-4-7-14-9-10-18-17(14)15/h4,7-13,16,18H,3,5-6H2,1-2H3. The van der Waals surface area contributed by atoms with E-state index in [1.165, 1.54) is 35.7 Å². The molecule has 100 valence electrons. The molecule has 1 aliphatic carbocycles. The van der Waals surface area contributed by atoms with Gasteiger partial charge in [0.2, 0.25) is 0 Å². The molecule has 0 radical (unpaired) electrons. The largest absolute Gasteiger partial charge is 0.361 e. The van der Waals surface area contributed by atoms with Gasteiger partial charge in [0, 0.05) is 23.4 Å². The zero-order valence-electron chi connectivity index (χ0n) is 11.8. The van der Waals surface area contributed by atoms with Crippen LogP contribution in [0.25, 0.3) is 10.9 Å². The Labute approximate surface area is 114 Å². The second kappa shape index (κ2) is 5.20. The summed E-state index contributed by atoms with van der Waals surface area (Å²) in [5.74, 6) is 1.42. The third-order valence-electron chi connectivity index (χ3n) is 4.49. The number of aromatic amines is 1. The average Bonchev–Trinajstić information content (AvgIpc) is 2.87. The highest BCUT2D eigenvalue weighted by atomic mass is 14.8. The molecule has 0 amide bonds. The predicted molar refractivity (Wildman–Crippen MR) is 81.9 cm³/mol. The maximum absolute atomic E-state index is 4.90. The lowest BCUT2D eigenvalue weighted by Gasteiger charge is -2.31. The lowest BCUT2D eigenvalue weighted by atomic mass is 9.79. The van der Waals surface area contributed by atoms with E-state index >= 15 is 0 Å². The summed E-state index contributed by atoms with van der Waals surface area (Å²) < 4.78 is 0. The molecule has 1 aromatic carbocycles. The van der Waals surface area contributed by atoms with E-state index in [9.17, 15) is 0 Å². The highest BCUT2D eigenvalue weighted by Crippen LogP contribution is 2.31. The molecule has 0 aliphatic heterocycles. The minimum atomic E-state index is 0.485. The number of hydrogen-bond acceptors (Lipinski definition) is 1. The molecule has 2 nitrogen and oxygen atoms in total. The Kier molecular flexibility index (Phi) is 3.41. The molecule has 3 rings (SSSR count). The maximum Gasteiger partial charge on any atom is 0.0550 e. The Bertz CT molecular complexity index is 572. The van der Waals surface area contributed by atoms with Crippen molar-refractivity contribution < 1.29 is 0 Å². The van der Waals surface area contributed by atoms with Gasteiger partial charge in [0.1, 0.15) is 0 Å².